The highest BCUT2D eigenvalue weighted by Crippen LogP contribution is 2.31. The zero-order chi connectivity index (χ0) is 16.5. The van der Waals surface area contributed by atoms with E-state index in [1.165, 1.54) is 24.4 Å². The predicted molar refractivity (Wildman–Crippen MR) is 83.8 cm³/mol. The van der Waals surface area contributed by atoms with Crippen molar-refractivity contribution in [3.8, 4) is 5.75 Å². The number of ether oxygens (including phenoxy) is 1. The molecule has 1 aromatic rings. The van der Waals surface area contributed by atoms with Crippen LogP contribution in [0.4, 0.5) is 0 Å². The monoisotopic (exact) mass is 346 g/mol. The lowest BCUT2D eigenvalue weighted by molar-refractivity contribution is -0.129. The third-order valence-corrected chi connectivity index (χ3v) is 6.09. The van der Waals surface area contributed by atoms with Crippen molar-refractivity contribution in [2.75, 3.05) is 33.3 Å². The van der Waals surface area contributed by atoms with Gasteiger partial charge in [0.25, 0.3) is 0 Å². The summed E-state index contributed by atoms with van der Waals surface area (Å²) in [4.78, 5) is 13.1. The van der Waals surface area contributed by atoms with Gasteiger partial charge in [-0.15, -0.1) is 0 Å². The second kappa shape index (κ2) is 6.44. The van der Waals surface area contributed by atoms with Gasteiger partial charge >= 0.3 is 0 Å². The van der Waals surface area contributed by atoms with Crippen LogP contribution < -0.4 is 4.74 Å². The predicted octanol–water partition coefficient (Wildman–Crippen LogP) is 1.51. The Balaban J connectivity index is 2.28. The van der Waals surface area contributed by atoms with E-state index in [2.05, 4.69) is 0 Å². The fourth-order valence-corrected chi connectivity index (χ4v) is 4.41. The van der Waals surface area contributed by atoms with E-state index in [0.717, 1.165) is 0 Å². The summed E-state index contributed by atoms with van der Waals surface area (Å²) in [6, 6.07) is 3.03. The van der Waals surface area contributed by atoms with Gasteiger partial charge in [-0.1, -0.05) is 11.6 Å². The number of methoxy groups -OCH3 is 1. The second-order valence-electron chi connectivity index (χ2n) is 5.16. The zero-order valence-electron chi connectivity index (χ0n) is 12.8. The Morgan fingerprint density at radius 2 is 1.82 bits per heavy atom. The fourth-order valence-electron chi connectivity index (χ4n) is 2.45. The maximum atomic E-state index is 12.8. The lowest BCUT2D eigenvalue weighted by Crippen LogP contribution is -2.50. The Labute approximate surface area is 135 Å². The highest BCUT2D eigenvalue weighted by molar-refractivity contribution is 7.89. The summed E-state index contributed by atoms with van der Waals surface area (Å²) in [6.07, 6.45) is 0. The number of sulfonamides is 1. The van der Waals surface area contributed by atoms with Gasteiger partial charge in [0.15, 0.2) is 0 Å². The molecule has 1 aromatic carbocycles. The number of nitrogens with zero attached hydrogens (tertiary/aromatic N) is 2. The molecule has 2 rings (SSSR count). The second-order valence-corrected chi connectivity index (χ2v) is 7.48. The van der Waals surface area contributed by atoms with Crippen LogP contribution in [0.2, 0.25) is 5.02 Å². The number of rotatable bonds is 3. The Hall–Kier alpha value is -1.31. The van der Waals surface area contributed by atoms with Crippen LogP contribution in [0.3, 0.4) is 0 Å². The maximum Gasteiger partial charge on any atom is 0.243 e. The first kappa shape index (κ1) is 17.1. The van der Waals surface area contributed by atoms with Gasteiger partial charge in [-0.25, -0.2) is 8.42 Å². The number of hydrogen-bond acceptors (Lipinski definition) is 4. The number of halogens is 1. The maximum absolute atomic E-state index is 12.8. The minimum absolute atomic E-state index is 0.0410. The van der Waals surface area contributed by atoms with Gasteiger partial charge in [0, 0.05) is 33.1 Å². The molecule has 0 unspecified atom stereocenters. The van der Waals surface area contributed by atoms with Crippen molar-refractivity contribution in [2.24, 2.45) is 0 Å². The topological polar surface area (TPSA) is 66.9 Å². The Morgan fingerprint density at radius 1 is 1.23 bits per heavy atom. The first-order chi connectivity index (χ1) is 10.3. The SMILES string of the molecule is COc1cc(C)c(S(=O)(=O)N2CCN(C(C)=O)CC2)cc1Cl. The summed E-state index contributed by atoms with van der Waals surface area (Å²) in [5.74, 6) is 0.403. The summed E-state index contributed by atoms with van der Waals surface area (Å²) in [7, 11) is -2.15. The van der Waals surface area contributed by atoms with Crippen LogP contribution in [0.25, 0.3) is 0 Å². The number of hydrogen-bond donors (Lipinski definition) is 0. The highest BCUT2D eigenvalue weighted by Gasteiger charge is 2.30. The van der Waals surface area contributed by atoms with Crippen molar-refractivity contribution in [1.29, 1.82) is 0 Å². The zero-order valence-corrected chi connectivity index (χ0v) is 14.4. The molecule has 1 saturated heterocycles. The van der Waals surface area contributed by atoms with Crippen molar-refractivity contribution in [2.45, 2.75) is 18.7 Å². The molecule has 1 aliphatic heterocycles. The molecule has 0 spiro atoms. The van der Waals surface area contributed by atoms with E-state index >= 15 is 0 Å². The van der Waals surface area contributed by atoms with Crippen LogP contribution in [0.15, 0.2) is 17.0 Å². The number of carbonyl (C=O) groups is 1. The van der Waals surface area contributed by atoms with Crippen LogP contribution in [0.5, 0.6) is 5.75 Å². The molecule has 8 heteroatoms. The average molecular weight is 347 g/mol. The van der Waals surface area contributed by atoms with Crippen molar-refractivity contribution >= 4 is 27.5 Å². The Kier molecular flexibility index (Phi) is 4.99. The molecule has 1 amide bonds. The molecule has 0 N–H and O–H groups in total. The van der Waals surface area contributed by atoms with E-state index in [1.807, 2.05) is 0 Å². The summed E-state index contributed by atoms with van der Waals surface area (Å²) in [5, 5.41) is 0.258. The highest BCUT2D eigenvalue weighted by atomic mass is 35.5. The molecular formula is C14H19ClN2O4S. The van der Waals surface area contributed by atoms with E-state index in [1.54, 1.807) is 17.9 Å². The summed E-state index contributed by atoms with van der Waals surface area (Å²) in [5.41, 5.74) is 0.579. The first-order valence-electron chi connectivity index (χ1n) is 6.87. The average Bonchev–Trinajstić information content (AvgIpc) is 2.49. The number of benzene rings is 1. The van der Waals surface area contributed by atoms with Gasteiger partial charge in [0.05, 0.1) is 17.0 Å². The van der Waals surface area contributed by atoms with Gasteiger partial charge in [-0.05, 0) is 24.6 Å². The summed E-state index contributed by atoms with van der Waals surface area (Å²) < 4.78 is 32.0. The van der Waals surface area contributed by atoms with Gasteiger partial charge in [-0.3, -0.25) is 4.79 Å². The van der Waals surface area contributed by atoms with E-state index < -0.39 is 10.0 Å². The number of amides is 1. The van der Waals surface area contributed by atoms with Gasteiger partial charge in [-0.2, -0.15) is 4.31 Å². The van der Waals surface area contributed by atoms with E-state index in [-0.39, 0.29) is 28.9 Å². The largest absolute Gasteiger partial charge is 0.495 e. The van der Waals surface area contributed by atoms with Gasteiger partial charge in [0.2, 0.25) is 15.9 Å². The van der Waals surface area contributed by atoms with Gasteiger partial charge in [0.1, 0.15) is 5.75 Å². The normalized spacial score (nSPS) is 16.6. The molecule has 1 aliphatic rings. The summed E-state index contributed by atoms with van der Waals surface area (Å²) >= 11 is 6.05. The minimum atomic E-state index is -3.63. The third kappa shape index (κ3) is 3.21. The molecule has 22 heavy (non-hydrogen) atoms. The van der Waals surface area contributed by atoms with E-state index in [4.69, 9.17) is 16.3 Å². The lowest BCUT2D eigenvalue weighted by Gasteiger charge is -2.33. The van der Waals surface area contributed by atoms with E-state index in [0.29, 0.717) is 24.4 Å². The Morgan fingerprint density at radius 3 is 2.32 bits per heavy atom. The molecule has 0 bridgehead atoms. The Bertz CT molecular complexity index is 682. The quantitative estimate of drug-likeness (QED) is 0.832. The van der Waals surface area contributed by atoms with Gasteiger partial charge < -0.3 is 9.64 Å². The number of aryl methyl sites for hydroxylation is 1. The smallest absolute Gasteiger partial charge is 0.243 e. The van der Waals surface area contributed by atoms with Crippen LogP contribution in [0.1, 0.15) is 12.5 Å². The minimum Gasteiger partial charge on any atom is -0.495 e. The number of piperazine rings is 1. The molecule has 1 heterocycles. The fraction of sp³-hybridized carbons (Fsp3) is 0.500. The van der Waals surface area contributed by atoms with Crippen molar-refractivity contribution in [3.05, 3.63) is 22.7 Å². The molecule has 1 fully saturated rings. The molecule has 0 atom stereocenters. The van der Waals surface area contributed by atoms with E-state index in [9.17, 15) is 13.2 Å². The first-order valence-corrected chi connectivity index (χ1v) is 8.69. The van der Waals surface area contributed by atoms with Crippen LogP contribution in [-0.2, 0) is 14.8 Å². The molecular weight excluding hydrogens is 328 g/mol. The van der Waals surface area contributed by atoms with Crippen LogP contribution in [0, 0.1) is 6.92 Å². The molecule has 0 saturated carbocycles. The van der Waals surface area contributed by atoms with Crippen molar-refractivity contribution in [1.82, 2.24) is 9.21 Å². The molecule has 6 nitrogen and oxygen atoms in total. The van der Waals surface area contributed by atoms with Crippen molar-refractivity contribution < 1.29 is 17.9 Å². The molecule has 0 radical (unpaired) electrons. The third-order valence-electron chi connectivity index (χ3n) is 3.75. The standard InChI is InChI=1S/C14H19ClN2O4S/c1-10-8-13(21-3)12(15)9-14(10)22(19,20)17-6-4-16(5-7-17)11(2)18/h8-9H,4-7H2,1-3H3. The lowest BCUT2D eigenvalue weighted by atomic mass is 10.2. The molecule has 122 valence electrons. The molecule has 0 aromatic heterocycles. The van der Waals surface area contributed by atoms with Crippen molar-refractivity contribution in [3.63, 3.8) is 0 Å². The molecule has 0 aliphatic carbocycles. The number of carbonyl (C=O) groups excluding carboxylic acids is 1. The van der Waals surface area contributed by atoms with Crippen LogP contribution >= 0.6 is 11.6 Å². The summed E-state index contributed by atoms with van der Waals surface area (Å²) in [6.45, 7) is 4.56. The van der Waals surface area contributed by atoms with Crippen LogP contribution in [-0.4, -0.2) is 56.8 Å².